The van der Waals surface area contributed by atoms with Crippen molar-refractivity contribution in [2.45, 2.75) is 6.54 Å². The fourth-order valence-corrected chi connectivity index (χ4v) is 1.85. The first kappa shape index (κ1) is 11.2. The highest BCUT2D eigenvalue weighted by Crippen LogP contribution is 2.23. The van der Waals surface area contributed by atoms with Gasteiger partial charge in [-0.1, -0.05) is 11.3 Å². The van der Waals surface area contributed by atoms with Crippen LogP contribution in [0.3, 0.4) is 0 Å². The Labute approximate surface area is 98.8 Å². The highest BCUT2D eigenvalue weighted by atomic mass is 32.1. The Kier molecular flexibility index (Phi) is 3.10. The van der Waals surface area contributed by atoms with Gasteiger partial charge < -0.3 is 5.32 Å². The maximum absolute atomic E-state index is 11.6. The molecule has 0 fully saturated rings. The molecule has 2 heterocycles. The molecule has 0 aromatic carbocycles. The van der Waals surface area contributed by atoms with Gasteiger partial charge in [0.15, 0.2) is 0 Å². The highest BCUT2D eigenvalue weighted by molar-refractivity contribution is 7.17. The van der Waals surface area contributed by atoms with Gasteiger partial charge in [-0.25, -0.2) is 4.98 Å². The first-order valence-corrected chi connectivity index (χ1v) is 5.35. The largest absolute Gasteiger partial charge is 0.344 e. The molecule has 1 amide bonds. The van der Waals surface area contributed by atoms with Crippen LogP contribution in [0.1, 0.15) is 15.5 Å². The van der Waals surface area contributed by atoms with Crippen LogP contribution in [0.2, 0.25) is 0 Å². The zero-order valence-electron chi connectivity index (χ0n) is 8.41. The SMILES string of the molecule is O=C(NCc1ncn[nH]1)c1ccc([N+](=O)[O-])s1. The van der Waals surface area contributed by atoms with Crippen LogP contribution in [0.25, 0.3) is 0 Å². The molecule has 2 aromatic rings. The number of H-pyrrole nitrogens is 1. The smallest absolute Gasteiger partial charge is 0.324 e. The highest BCUT2D eigenvalue weighted by Gasteiger charge is 2.15. The first-order chi connectivity index (χ1) is 8.16. The van der Waals surface area contributed by atoms with Crippen LogP contribution in [0.15, 0.2) is 18.5 Å². The second-order valence-corrected chi connectivity index (χ2v) is 4.07. The van der Waals surface area contributed by atoms with Crippen molar-refractivity contribution >= 4 is 22.2 Å². The van der Waals surface area contributed by atoms with E-state index in [2.05, 4.69) is 20.5 Å². The molecule has 0 aliphatic heterocycles. The fourth-order valence-electron chi connectivity index (χ4n) is 1.11. The summed E-state index contributed by atoms with van der Waals surface area (Å²) in [5.74, 6) is 0.143. The Hall–Kier alpha value is -2.29. The minimum atomic E-state index is -0.530. The molecule has 0 aliphatic carbocycles. The van der Waals surface area contributed by atoms with Crippen LogP contribution >= 0.6 is 11.3 Å². The monoisotopic (exact) mass is 253 g/mol. The lowest BCUT2D eigenvalue weighted by Crippen LogP contribution is -2.22. The number of amides is 1. The fraction of sp³-hybridized carbons (Fsp3) is 0.125. The van der Waals surface area contributed by atoms with Crippen LogP contribution < -0.4 is 5.32 Å². The van der Waals surface area contributed by atoms with E-state index >= 15 is 0 Å². The number of aromatic amines is 1. The summed E-state index contributed by atoms with van der Waals surface area (Å²) in [6.45, 7) is 0.199. The summed E-state index contributed by atoms with van der Waals surface area (Å²) < 4.78 is 0. The summed E-state index contributed by atoms with van der Waals surface area (Å²) in [5, 5.41) is 19.2. The summed E-state index contributed by atoms with van der Waals surface area (Å²) in [4.78, 5) is 25.6. The van der Waals surface area contributed by atoms with E-state index in [0.29, 0.717) is 5.82 Å². The molecule has 88 valence electrons. The number of nitro groups is 1. The van der Waals surface area contributed by atoms with E-state index in [0.717, 1.165) is 11.3 Å². The van der Waals surface area contributed by atoms with E-state index in [1.54, 1.807) is 0 Å². The standard InChI is InChI=1S/C8H7N5O3S/c14-8(9-3-6-10-4-11-12-6)5-1-2-7(17-5)13(15)16/h1-2,4H,3H2,(H,9,14)(H,10,11,12). The number of nitrogens with zero attached hydrogens (tertiary/aromatic N) is 3. The Bertz CT molecular complexity index is 535. The number of nitrogens with one attached hydrogen (secondary N) is 2. The predicted molar refractivity (Wildman–Crippen MR) is 58.5 cm³/mol. The summed E-state index contributed by atoms with van der Waals surface area (Å²) in [6.07, 6.45) is 1.33. The summed E-state index contributed by atoms with van der Waals surface area (Å²) in [6, 6.07) is 2.71. The second-order valence-electron chi connectivity index (χ2n) is 3.01. The Morgan fingerprint density at radius 3 is 3.00 bits per heavy atom. The topological polar surface area (TPSA) is 114 Å². The van der Waals surface area contributed by atoms with Crippen molar-refractivity contribution < 1.29 is 9.72 Å². The predicted octanol–water partition coefficient (Wildman–Crippen LogP) is 0.704. The van der Waals surface area contributed by atoms with Gasteiger partial charge in [0.25, 0.3) is 5.91 Å². The summed E-state index contributed by atoms with van der Waals surface area (Å²) >= 11 is 0.829. The Morgan fingerprint density at radius 1 is 1.59 bits per heavy atom. The lowest BCUT2D eigenvalue weighted by Gasteiger charge is -1.99. The quantitative estimate of drug-likeness (QED) is 0.615. The zero-order valence-corrected chi connectivity index (χ0v) is 9.23. The molecule has 0 spiro atoms. The average Bonchev–Trinajstić information content (AvgIpc) is 2.96. The van der Waals surface area contributed by atoms with Gasteiger partial charge in [-0.2, -0.15) is 5.10 Å². The van der Waals surface area contributed by atoms with Crippen LogP contribution in [0.5, 0.6) is 0 Å². The van der Waals surface area contributed by atoms with E-state index in [9.17, 15) is 14.9 Å². The number of hydrogen-bond acceptors (Lipinski definition) is 6. The third-order valence-electron chi connectivity index (χ3n) is 1.88. The van der Waals surface area contributed by atoms with Gasteiger partial charge in [-0.15, -0.1) is 0 Å². The molecule has 0 saturated carbocycles. The number of aromatic nitrogens is 3. The number of carbonyl (C=O) groups is 1. The number of hydrogen-bond donors (Lipinski definition) is 2. The minimum absolute atomic E-state index is 0.0604. The molecule has 17 heavy (non-hydrogen) atoms. The maximum Gasteiger partial charge on any atom is 0.324 e. The number of rotatable bonds is 4. The van der Waals surface area contributed by atoms with E-state index in [1.807, 2.05) is 0 Å². The Morgan fingerprint density at radius 2 is 2.41 bits per heavy atom. The van der Waals surface area contributed by atoms with Crippen molar-refractivity contribution in [2.75, 3.05) is 0 Å². The molecule has 0 radical (unpaired) electrons. The normalized spacial score (nSPS) is 10.1. The van der Waals surface area contributed by atoms with Crippen LogP contribution in [0, 0.1) is 10.1 Å². The van der Waals surface area contributed by atoms with E-state index < -0.39 is 4.92 Å². The molecule has 2 rings (SSSR count). The van der Waals surface area contributed by atoms with Gasteiger partial charge in [0.2, 0.25) is 0 Å². The van der Waals surface area contributed by atoms with E-state index in [-0.39, 0.29) is 22.3 Å². The van der Waals surface area contributed by atoms with Crippen molar-refractivity contribution in [1.82, 2.24) is 20.5 Å². The lowest BCUT2D eigenvalue weighted by atomic mass is 10.4. The zero-order chi connectivity index (χ0) is 12.3. The molecule has 9 heteroatoms. The molecular formula is C8H7N5O3S. The molecular weight excluding hydrogens is 246 g/mol. The molecule has 2 N–H and O–H groups in total. The first-order valence-electron chi connectivity index (χ1n) is 4.53. The molecule has 0 bridgehead atoms. The molecule has 8 nitrogen and oxygen atoms in total. The van der Waals surface area contributed by atoms with E-state index in [4.69, 9.17) is 0 Å². The number of thiophene rings is 1. The van der Waals surface area contributed by atoms with Crippen molar-refractivity contribution in [1.29, 1.82) is 0 Å². The average molecular weight is 253 g/mol. The third kappa shape index (κ3) is 2.64. The van der Waals surface area contributed by atoms with Gasteiger partial charge >= 0.3 is 5.00 Å². The van der Waals surface area contributed by atoms with Crippen LogP contribution in [-0.2, 0) is 6.54 Å². The van der Waals surface area contributed by atoms with E-state index in [1.165, 1.54) is 18.5 Å². The van der Waals surface area contributed by atoms with Crippen LogP contribution in [0.4, 0.5) is 5.00 Å². The molecule has 2 aromatic heterocycles. The van der Waals surface area contributed by atoms with Crippen molar-refractivity contribution in [3.05, 3.63) is 39.3 Å². The Balaban J connectivity index is 1.97. The van der Waals surface area contributed by atoms with Crippen molar-refractivity contribution in [3.63, 3.8) is 0 Å². The maximum atomic E-state index is 11.6. The van der Waals surface area contributed by atoms with Crippen LogP contribution in [-0.4, -0.2) is 26.0 Å². The van der Waals surface area contributed by atoms with Gasteiger partial charge in [-0.3, -0.25) is 20.0 Å². The van der Waals surface area contributed by atoms with Crippen molar-refractivity contribution in [3.8, 4) is 0 Å². The molecule has 0 saturated heterocycles. The van der Waals surface area contributed by atoms with Gasteiger partial charge in [0, 0.05) is 6.07 Å². The van der Waals surface area contributed by atoms with Gasteiger partial charge in [0.05, 0.1) is 16.3 Å². The second kappa shape index (κ2) is 4.70. The molecule has 0 atom stereocenters. The van der Waals surface area contributed by atoms with Gasteiger partial charge in [0.1, 0.15) is 12.2 Å². The lowest BCUT2D eigenvalue weighted by molar-refractivity contribution is -0.380. The molecule has 0 aliphatic rings. The summed E-state index contributed by atoms with van der Waals surface area (Å²) in [5.41, 5.74) is 0. The summed E-state index contributed by atoms with van der Waals surface area (Å²) in [7, 11) is 0. The minimum Gasteiger partial charge on any atom is -0.344 e. The van der Waals surface area contributed by atoms with Crippen molar-refractivity contribution in [2.24, 2.45) is 0 Å². The molecule has 0 unspecified atom stereocenters. The number of carbonyl (C=O) groups excluding carboxylic acids is 1. The van der Waals surface area contributed by atoms with Gasteiger partial charge in [-0.05, 0) is 6.07 Å². The third-order valence-corrected chi connectivity index (χ3v) is 2.91.